The molecule has 0 atom stereocenters. The predicted octanol–water partition coefficient (Wildman–Crippen LogP) is 3.95. The third-order valence-corrected chi connectivity index (χ3v) is 5.15. The lowest BCUT2D eigenvalue weighted by Gasteiger charge is -2.29. The van der Waals surface area contributed by atoms with Crippen molar-refractivity contribution in [3.05, 3.63) is 57.0 Å². The smallest absolute Gasteiger partial charge is 0.270 e. The molecule has 1 aliphatic heterocycles. The van der Waals surface area contributed by atoms with Gasteiger partial charge in [0, 0.05) is 16.7 Å². The van der Waals surface area contributed by atoms with Crippen LogP contribution < -0.4 is 19.7 Å². The van der Waals surface area contributed by atoms with Crippen LogP contribution in [0.15, 0.2) is 46.4 Å². The van der Waals surface area contributed by atoms with Crippen LogP contribution in [0.25, 0.3) is 6.08 Å². The fraction of sp³-hybridized carbons (Fsp3) is 0.105. The third-order valence-electron chi connectivity index (χ3n) is 3.99. The van der Waals surface area contributed by atoms with Crippen LogP contribution in [0.4, 0.5) is 5.69 Å². The second-order valence-corrected chi connectivity index (χ2v) is 7.34. The van der Waals surface area contributed by atoms with Crippen LogP contribution in [-0.4, -0.2) is 31.1 Å². The van der Waals surface area contributed by atoms with Crippen LogP contribution in [0.1, 0.15) is 5.56 Å². The van der Waals surface area contributed by atoms with Gasteiger partial charge in [-0.2, -0.15) is 0 Å². The van der Waals surface area contributed by atoms with Gasteiger partial charge in [-0.05, 0) is 64.6 Å². The molecule has 3 rings (SSSR count). The SMILES string of the molecule is COc1cc(OC)c(C=C2C(=O)NC(=S)N(c3ccc(Cl)cc3)C2=O)cc1Br. The van der Waals surface area contributed by atoms with Gasteiger partial charge in [-0.25, -0.2) is 0 Å². The summed E-state index contributed by atoms with van der Waals surface area (Å²) in [4.78, 5) is 26.7. The van der Waals surface area contributed by atoms with Crippen molar-refractivity contribution in [1.29, 1.82) is 0 Å². The van der Waals surface area contributed by atoms with Gasteiger partial charge < -0.3 is 9.47 Å². The average molecular weight is 482 g/mol. The highest BCUT2D eigenvalue weighted by molar-refractivity contribution is 9.10. The molecule has 1 fully saturated rings. The first-order valence-electron chi connectivity index (χ1n) is 7.94. The van der Waals surface area contributed by atoms with Crippen molar-refractivity contribution in [2.75, 3.05) is 19.1 Å². The molecule has 144 valence electrons. The number of anilines is 1. The zero-order valence-corrected chi connectivity index (χ0v) is 17.9. The summed E-state index contributed by atoms with van der Waals surface area (Å²) in [5, 5.41) is 3.05. The van der Waals surface area contributed by atoms with Gasteiger partial charge in [-0.3, -0.25) is 19.8 Å². The first-order valence-corrected chi connectivity index (χ1v) is 9.52. The molecule has 0 aromatic heterocycles. The summed E-state index contributed by atoms with van der Waals surface area (Å²) in [5.74, 6) is -0.138. The summed E-state index contributed by atoms with van der Waals surface area (Å²) in [6, 6.07) is 9.92. The quantitative estimate of drug-likeness (QED) is 0.407. The minimum atomic E-state index is -0.589. The van der Waals surface area contributed by atoms with Gasteiger partial charge in [0.1, 0.15) is 17.1 Å². The van der Waals surface area contributed by atoms with Gasteiger partial charge in [-0.1, -0.05) is 11.6 Å². The van der Waals surface area contributed by atoms with Crippen molar-refractivity contribution in [2.24, 2.45) is 0 Å². The molecular weight excluding hydrogens is 468 g/mol. The predicted molar refractivity (Wildman–Crippen MR) is 115 cm³/mol. The molecule has 2 aromatic carbocycles. The lowest BCUT2D eigenvalue weighted by atomic mass is 10.1. The van der Waals surface area contributed by atoms with E-state index in [0.29, 0.717) is 32.2 Å². The van der Waals surface area contributed by atoms with E-state index in [1.54, 1.807) is 36.4 Å². The number of carbonyl (C=O) groups excluding carboxylic acids is 2. The van der Waals surface area contributed by atoms with E-state index in [0.717, 1.165) is 0 Å². The third kappa shape index (κ3) is 3.89. The number of rotatable bonds is 4. The maximum Gasteiger partial charge on any atom is 0.270 e. The summed E-state index contributed by atoms with van der Waals surface area (Å²) in [6.45, 7) is 0. The molecule has 2 aromatic rings. The van der Waals surface area contributed by atoms with Crippen LogP contribution in [0.2, 0.25) is 5.02 Å². The van der Waals surface area contributed by atoms with E-state index in [-0.39, 0.29) is 10.7 Å². The highest BCUT2D eigenvalue weighted by atomic mass is 79.9. The second-order valence-electron chi connectivity index (χ2n) is 5.66. The van der Waals surface area contributed by atoms with Gasteiger partial charge in [-0.15, -0.1) is 0 Å². The highest BCUT2D eigenvalue weighted by Crippen LogP contribution is 2.34. The maximum atomic E-state index is 13.0. The maximum absolute atomic E-state index is 13.0. The Morgan fingerprint density at radius 2 is 1.75 bits per heavy atom. The lowest BCUT2D eigenvalue weighted by molar-refractivity contribution is -0.122. The minimum Gasteiger partial charge on any atom is -0.496 e. The zero-order chi connectivity index (χ0) is 20.4. The number of benzene rings is 2. The molecule has 0 unspecified atom stereocenters. The Hall–Kier alpha value is -2.42. The number of hydrogen-bond donors (Lipinski definition) is 1. The topological polar surface area (TPSA) is 67.9 Å². The Bertz CT molecular complexity index is 1010. The molecule has 1 heterocycles. The lowest BCUT2D eigenvalue weighted by Crippen LogP contribution is -2.54. The van der Waals surface area contributed by atoms with Gasteiger partial charge in [0.25, 0.3) is 11.8 Å². The number of methoxy groups -OCH3 is 2. The second kappa shape index (κ2) is 8.30. The van der Waals surface area contributed by atoms with E-state index < -0.39 is 11.8 Å². The van der Waals surface area contributed by atoms with Crippen molar-refractivity contribution < 1.29 is 19.1 Å². The van der Waals surface area contributed by atoms with Crippen molar-refractivity contribution in [1.82, 2.24) is 5.32 Å². The first kappa shape index (κ1) is 20.3. The fourth-order valence-electron chi connectivity index (χ4n) is 2.63. The van der Waals surface area contributed by atoms with Crippen LogP contribution in [-0.2, 0) is 9.59 Å². The summed E-state index contributed by atoms with van der Waals surface area (Å²) in [5.41, 5.74) is 0.935. The Labute approximate surface area is 180 Å². The molecular formula is C19H14BrClN2O4S. The summed E-state index contributed by atoms with van der Waals surface area (Å²) >= 11 is 14.5. The van der Waals surface area contributed by atoms with Crippen LogP contribution in [0, 0.1) is 0 Å². The van der Waals surface area contributed by atoms with E-state index in [9.17, 15) is 9.59 Å². The summed E-state index contributed by atoms with van der Waals surface area (Å²) in [6.07, 6.45) is 1.45. The van der Waals surface area contributed by atoms with Gasteiger partial charge in [0.15, 0.2) is 5.11 Å². The Morgan fingerprint density at radius 1 is 1.11 bits per heavy atom. The van der Waals surface area contributed by atoms with E-state index in [4.69, 9.17) is 33.3 Å². The number of halogens is 2. The molecule has 1 saturated heterocycles. The van der Waals surface area contributed by atoms with E-state index in [1.165, 1.54) is 25.2 Å². The summed E-state index contributed by atoms with van der Waals surface area (Å²) in [7, 11) is 3.02. The molecule has 0 aliphatic carbocycles. The largest absolute Gasteiger partial charge is 0.496 e. The average Bonchev–Trinajstić information content (AvgIpc) is 2.66. The van der Waals surface area contributed by atoms with E-state index in [1.807, 2.05) is 0 Å². The van der Waals surface area contributed by atoms with Gasteiger partial charge in [0.05, 0.1) is 24.4 Å². The first-order chi connectivity index (χ1) is 13.3. The van der Waals surface area contributed by atoms with Crippen molar-refractivity contribution in [3.8, 4) is 11.5 Å². The zero-order valence-electron chi connectivity index (χ0n) is 14.8. The summed E-state index contributed by atoms with van der Waals surface area (Å²) < 4.78 is 11.3. The van der Waals surface area contributed by atoms with E-state index >= 15 is 0 Å². The molecule has 9 heteroatoms. The van der Waals surface area contributed by atoms with Crippen LogP contribution in [0.3, 0.4) is 0 Å². The van der Waals surface area contributed by atoms with Crippen molar-refractivity contribution in [3.63, 3.8) is 0 Å². The fourth-order valence-corrected chi connectivity index (χ4v) is 3.56. The molecule has 0 saturated carbocycles. The van der Waals surface area contributed by atoms with E-state index in [2.05, 4.69) is 21.2 Å². The number of amides is 2. The molecule has 1 N–H and O–H groups in total. The van der Waals surface area contributed by atoms with Crippen molar-refractivity contribution >= 4 is 68.4 Å². The Balaban J connectivity index is 2.07. The minimum absolute atomic E-state index is 0.00245. The molecule has 0 radical (unpaired) electrons. The molecule has 0 bridgehead atoms. The number of nitrogens with one attached hydrogen (secondary N) is 1. The van der Waals surface area contributed by atoms with Gasteiger partial charge >= 0.3 is 0 Å². The highest BCUT2D eigenvalue weighted by Gasteiger charge is 2.34. The number of hydrogen-bond acceptors (Lipinski definition) is 5. The number of thiocarbonyl (C=S) groups is 1. The van der Waals surface area contributed by atoms with Crippen LogP contribution >= 0.6 is 39.7 Å². The molecule has 28 heavy (non-hydrogen) atoms. The number of ether oxygens (including phenoxy) is 2. The standard InChI is InChI=1S/C19H14BrClN2O4S/c1-26-15-9-16(27-2)14(20)8-10(15)7-13-17(24)22-19(28)23(18(13)25)12-5-3-11(21)4-6-12/h3-9H,1-2H3,(H,22,24,28). The Morgan fingerprint density at radius 3 is 2.36 bits per heavy atom. The molecule has 6 nitrogen and oxygen atoms in total. The van der Waals surface area contributed by atoms with Gasteiger partial charge in [0.2, 0.25) is 0 Å². The monoisotopic (exact) mass is 480 g/mol. The molecule has 2 amide bonds. The molecule has 1 aliphatic rings. The number of carbonyl (C=O) groups is 2. The normalized spacial score (nSPS) is 15.6. The number of nitrogens with zero attached hydrogens (tertiary/aromatic N) is 1. The Kier molecular flexibility index (Phi) is 6.02. The van der Waals surface area contributed by atoms with Crippen LogP contribution in [0.5, 0.6) is 11.5 Å². The molecule has 0 spiro atoms. The van der Waals surface area contributed by atoms with Crippen molar-refractivity contribution in [2.45, 2.75) is 0 Å².